The van der Waals surface area contributed by atoms with E-state index in [1.807, 2.05) is 10.8 Å². The third-order valence-electron chi connectivity index (χ3n) is 2.92. The van der Waals surface area contributed by atoms with Gasteiger partial charge in [0.1, 0.15) is 0 Å². The van der Waals surface area contributed by atoms with E-state index in [1.54, 1.807) is 12.5 Å². The van der Waals surface area contributed by atoms with Gasteiger partial charge in [0.2, 0.25) is 10.0 Å². The highest BCUT2D eigenvalue weighted by Crippen LogP contribution is 1.96. The van der Waals surface area contributed by atoms with Crippen molar-refractivity contribution in [1.29, 1.82) is 0 Å². The lowest BCUT2D eigenvalue weighted by Gasteiger charge is -2.07. The van der Waals surface area contributed by atoms with Crippen LogP contribution in [-0.2, 0) is 16.6 Å². The van der Waals surface area contributed by atoms with Crippen molar-refractivity contribution in [2.45, 2.75) is 39.2 Å². The van der Waals surface area contributed by atoms with Crippen molar-refractivity contribution in [1.82, 2.24) is 19.6 Å². The maximum atomic E-state index is 11.7. The number of aromatic nitrogens is 2. The van der Waals surface area contributed by atoms with Crippen LogP contribution < -0.4 is 10.0 Å². The summed E-state index contributed by atoms with van der Waals surface area (Å²) in [6.45, 7) is 5.19. The third kappa shape index (κ3) is 8.29. The first-order chi connectivity index (χ1) is 9.64. The average Bonchev–Trinajstić information content (AvgIpc) is 2.91. The summed E-state index contributed by atoms with van der Waals surface area (Å²) in [5.41, 5.74) is 0. The molecule has 0 saturated carbocycles. The van der Waals surface area contributed by atoms with Crippen LogP contribution in [-0.4, -0.2) is 43.4 Å². The monoisotopic (exact) mass is 302 g/mol. The van der Waals surface area contributed by atoms with Gasteiger partial charge in [0, 0.05) is 25.5 Å². The van der Waals surface area contributed by atoms with E-state index in [1.165, 1.54) is 0 Å². The van der Waals surface area contributed by atoms with Crippen molar-refractivity contribution in [2.24, 2.45) is 0 Å². The molecule has 1 aromatic rings. The number of imidazole rings is 1. The zero-order valence-electron chi connectivity index (χ0n) is 12.2. The first-order valence-corrected chi connectivity index (χ1v) is 8.93. The minimum Gasteiger partial charge on any atom is -0.337 e. The van der Waals surface area contributed by atoms with E-state index >= 15 is 0 Å². The third-order valence-corrected chi connectivity index (χ3v) is 4.39. The summed E-state index contributed by atoms with van der Waals surface area (Å²) in [5, 5.41) is 3.20. The van der Waals surface area contributed by atoms with Gasteiger partial charge in [-0.05, 0) is 38.8 Å². The Morgan fingerprint density at radius 1 is 1.15 bits per heavy atom. The van der Waals surface area contributed by atoms with Gasteiger partial charge < -0.3 is 9.88 Å². The second-order valence-corrected chi connectivity index (χ2v) is 6.75. The molecule has 1 heterocycles. The van der Waals surface area contributed by atoms with Crippen LogP contribution in [0.2, 0.25) is 0 Å². The molecule has 0 bridgehead atoms. The Labute approximate surface area is 122 Å². The maximum absolute atomic E-state index is 11.7. The molecule has 0 radical (unpaired) electrons. The van der Waals surface area contributed by atoms with Gasteiger partial charge in [0.15, 0.2) is 0 Å². The van der Waals surface area contributed by atoms with E-state index in [-0.39, 0.29) is 5.75 Å². The smallest absolute Gasteiger partial charge is 0.211 e. The number of hydrogen-bond donors (Lipinski definition) is 2. The average molecular weight is 302 g/mol. The van der Waals surface area contributed by atoms with Gasteiger partial charge in [-0.1, -0.05) is 6.92 Å². The molecule has 0 amide bonds. The maximum Gasteiger partial charge on any atom is 0.211 e. The van der Waals surface area contributed by atoms with E-state index in [2.05, 4.69) is 21.9 Å². The highest BCUT2D eigenvalue weighted by molar-refractivity contribution is 7.89. The summed E-state index contributed by atoms with van der Waals surface area (Å²) < 4.78 is 28.0. The second-order valence-electron chi connectivity index (χ2n) is 4.82. The number of rotatable bonds is 12. The molecule has 0 saturated heterocycles. The first kappa shape index (κ1) is 17.1. The fraction of sp³-hybridized carbons (Fsp3) is 0.769. The summed E-state index contributed by atoms with van der Waals surface area (Å²) in [4.78, 5) is 3.96. The number of nitrogens with one attached hydrogen (secondary N) is 2. The summed E-state index contributed by atoms with van der Waals surface area (Å²) in [6.07, 6.45) is 8.94. The van der Waals surface area contributed by atoms with Crippen molar-refractivity contribution in [3.63, 3.8) is 0 Å². The Balaban J connectivity index is 2.01. The van der Waals surface area contributed by atoms with Gasteiger partial charge in [0.05, 0.1) is 12.1 Å². The lowest BCUT2D eigenvalue weighted by Crippen LogP contribution is -2.29. The number of unbranched alkanes of at least 4 members (excludes halogenated alkanes) is 1. The van der Waals surface area contributed by atoms with E-state index in [9.17, 15) is 8.42 Å². The molecule has 1 aromatic heterocycles. The minimum absolute atomic E-state index is 0.200. The van der Waals surface area contributed by atoms with Gasteiger partial charge in [-0.2, -0.15) is 0 Å². The molecule has 0 aliphatic heterocycles. The molecule has 0 aromatic carbocycles. The van der Waals surface area contributed by atoms with Crippen LogP contribution in [0.1, 0.15) is 32.6 Å². The zero-order valence-corrected chi connectivity index (χ0v) is 13.0. The van der Waals surface area contributed by atoms with Crippen LogP contribution in [0.5, 0.6) is 0 Å². The molecule has 0 atom stereocenters. The molecule has 1 rings (SSSR count). The highest BCUT2D eigenvalue weighted by Gasteiger charge is 2.08. The van der Waals surface area contributed by atoms with Crippen LogP contribution in [0.15, 0.2) is 18.7 Å². The quantitative estimate of drug-likeness (QED) is 0.564. The fourth-order valence-electron chi connectivity index (χ4n) is 1.83. The van der Waals surface area contributed by atoms with Gasteiger partial charge in [-0.25, -0.2) is 18.1 Å². The van der Waals surface area contributed by atoms with Gasteiger partial charge in [0.25, 0.3) is 0 Å². The Bertz CT molecular complexity index is 431. The lowest BCUT2D eigenvalue weighted by molar-refractivity contribution is 0.561. The Hall–Kier alpha value is -0.920. The molecule has 2 N–H and O–H groups in total. The van der Waals surface area contributed by atoms with Crippen molar-refractivity contribution < 1.29 is 8.42 Å². The molecule has 116 valence electrons. The van der Waals surface area contributed by atoms with Crippen LogP contribution in [0.4, 0.5) is 0 Å². The normalized spacial score (nSPS) is 11.8. The van der Waals surface area contributed by atoms with Crippen molar-refractivity contribution in [3.05, 3.63) is 18.7 Å². The number of nitrogens with zero attached hydrogens (tertiary/aromatic N) is 2. The fourth-order valence-corrected chi connectivity index (χ4v) is 2.95. The lowest BCUT2D eigenvalue weighted by atomic mass is 10.3. The van der Waals surface area contributed by atoms with Crippen molar-refractivity contribution in [3.8, 4) is 0 Å². The number of sulfonamides is 1. The molecule has 0 aliphatic carbocycles. The Morgan fingerprint density at radius 3 is 2.70 bits per heavy atom. The van der Waals surface area contributed by atoms with Gasteiger partial charge in [-0.15, -0.1) is 0 Å². The van der Waals surface area contributed by atoms with Crippen LogP contribution in [0.25, 0.3) is 0 Å². The van der Waals surface area contributed by atoms with Crippen LogP contribution >= 0.6 is 0 Å². The molecule has 6 nitrogen and oxygen atoms in total. The molecule has 7 heteroatoms. The zero-order chi connectivity index (χ0) is 14.7. The molecule has 0 fully saturated rings. The summed E-state index contributed by atoms with van der Waals surface area (Å²) in [5.74, 6) is 0.200. The number of aryl methyl sites for hydroxylation is 1. The van der Waals surface area contributed by atoms with E-state index < -0.39 is 10.0 Å². The largest absolute Gasteiger partial charge is 0.337 e. The summed E-state index contributed by atoms with van der Waals surface area (Å²) in [6, 6.07) is 0. The predicted molar refractivity (Wildman–Crippen MR) is 81.0 cm³/mol. The molecular weight excluding hydrogens is 276 g/mol. The summed E-state index contributed by atoms with van der Waals surface area (Å²) >= 11 is 0. The molecule has 0 aliphatic rings. The van der Waals surface area contributed by atoms with Crippen LogP contribution in [0.3, 0.4) is 0 Å². The topological polar surface area (TPSA) is 76.0 Å². The van der Waals surface area contributed by atoms with Crippen molar-refractivity contribution in [2.75, 3.05) is 25.4 Å². The van der Waals surface area contributed by atoms with Gasteiger partial charge in [-0.3, -0.25) is 0 Å². The summed E-state index contributed by atoms with van der Waals surface area (Å²) in [7, 11) is -3.11. The minimum atomic E-state index is -3.11. The molecule has 0 unspecified atom stereocenters. The number of hydrogen-bond acceptors (Lipinski definition) is 4. The van der Waals surface area contributed by atoms with Crippen LogP contribution in [0, 0.1) is 0 Å². The van der Waals surface area contributed by atoms with E-state index in [4.69, 9.17) is 0 Å². The SMILES string of the molecule is CCCNCCCS(=O)(=O)NCCCCn1ccnc1. The van der Waals surface area contributed by atoms with Crippen molar-refractivity contribution >= 4 is 10.0 Å². The first-order valence-electron chi connectivity index (χ1n) is 7.28. The Morgan fingerprint density at radius 2 is 2.00 bits per heavy atom. The van der Waals surface area contributed by atoms with E-state index in [0.29, 0.717) is 13.0 Å². The predicted octanol–water partition coefficient (Wildman–Crippen LogP) is 0.972. The Kier molecular flexibility index (Phi) is 8.48. The molecule has 20 heavy (non-hydrogen) atoms. The second kappa shape index (κ2) is 9.90. The van der Waals surface area contributed by atoms with Gasteiger partial charge >= 0.3 is 0 Å². The molecular formula is C13H26N4O2S. The molecule has 0 spiro atoms. The highest BCUT2D eigenvalue weighted by atomic mass is 32.2. The standard InChI is InChI=1S/C13H26N4O2S/c1-2-6-14-7-5-12-20(18,19)16-8-3-4-10-17-11-9-15-13-17/h9,11,13-14,16H,2-8,10,12H2,1H3. The van der Waals surface area contributed by atoms with E-state index in [0.717, 1.165) is 38.9 Å².